The molecule has 0 aliphatic carbocycles. The van der Waals surface area contributed by atoms with E-state index in [1.165, 1.54) is 0 Å². The van der Waals surface area contributed by atoms with E-state index in [2.05, 4.69) is 5.32 Å². The van der Waals surface area contributed by atoms with Crippen molar-refractivity contribution in [1.29, 1.82) is 0 Å². The van der Waals surface area contributed by atoms with Crippen LogP contribution in [0.2, 0.25) is 0 Å². The van der Waals surface area contributed by atoms with E-state index >= 15 is 0 Å². The fraction of sp³-hybridized carbons (Fsp3) is 0.238. The number of urea groups is 1. The molecular weight excluding hydrogens is 342 g/mol. The molecule has 0 radical (unpaired) electrons. The number of esters is 1. The van der Waals surface area contributed by atoms with Crippen molar-refractivity contribution >= 4 is 23.4 Å². The number of hydrogen-bond acceptors (Lipinski definition) is 4. The minimum atomic E-state index is -0.641. The molecule has 6 nitrogen and oxygen atoms in total. The Hall–Kier alpha value is -3.28. The van der Waals surface area contributed by atoms with Gasteiger partial charge in [0.2, 0.25) is 0 Å². The zero-order valence-electron chi connectivity index (χ0n) is 15.4. The molecule has 1 heterocycles. The number of benzene rings is 2. The van der Waals surface area contributed by atoms with E-state index in [0.717, 1.165) is 11.1 Å². The van der Waals surface area contributed by atoms with E-state index in [0.29, 0.717) is 23.5 Å². The summed E-state index contributed by atoms with van der Waals surface area (Å²) in [5.74, 6) is -0.456. The third-order valence-electron chi connectivity index (χ3n) is 4.43. The van der Waals surface area contributed by atoms with Crippen LogP contribution in [-0.2, 0) is 9.53 Å². The van der Waals surface area contributed by atoms with E-state index in [-0.39, 0.29) is 12.6 Å². The van der Waals surface area contributed by atoms with Gasteiger partial charge in [0.15, 0.2) is 0 Å². The van der Waals surface area contributed by atoms with E-state index in [1.807, 2.05) is 43.3 Å². The number of anilines is 1. The molecule has 0 saturated heterocycles. The standard InChI is InChI=1S/C21H23N3O3/c1-3-24-19(14-9-6-5-7-10-14)17(20(25)27-4-2)18(23-21(24)26)15-11-8-12-16(22)13-15/h5-13,18H,3-4,22H2,1-2H3,(H,23,26). The van der Waals surface area contributed by atoms with Crippen molar-refractivity contribution in [1.82, 2.24) is 10.2 Å². The van der Waals surface area contributed by atoms with Gasteiger partial charge in [0.1, 0.15) is 0 Å². The minimum absolute atomic E-state index is 0.244. The number of hydrogen-bond donors (Lipinski definition) is 2. The first kappa shape index (κ1) is 18.5. The molecule has 0 spiro atoms. The maximum absolute atomic E-state index is 12.9. The molecule has 140 valence electrons. The van der Waals surface area contributed by atoms with Gasteiger partial charge in [-0.15, -0.1) is 0 Å². The first-order chi connectivity index (χ1) is 13.1. The average molecular weight is 365 g/mol. The Morgan fingerprint density at radius 2 is 1.89 bits per heavy atom. The summed E-state index contributed by atoms with van der Waals surface area (Å²) in [6.07, 6.45) is 0. The molecule has 0 aromatic heterocycles. The molecule has 3 rings (SSSR count). The van der Waals surface area contributed by atoms with Gasteiger partial charge >= 0.3 is 12.0 Å². The van der Waals surface area contributed by atoms with Crippen LogP contribution in [0.4, 0.5) is 10.5 Å². The van der Waals surface area contributed by atoms with Crippen molar-refractivity contribution in [3.8, 4) is 0 Å². The van der Waals surface area contributed by atoms with Crippen molar-refractivity contribution in [2.24, 2.45) is 0 Å². The van der Waals surface area contributed by atoms with Gasteiger partial charge in [0.25, 0.3) is 0 Å². The van der Waals surface area contributed by atoms with Gasteiger partial charge in [0.05, 0.1) is 23.9 Å². The lowest BCUT2D eigenvalue weighted by Gasteiger charge is -2.36. The van der Waals surface area contributed by atoms with Crippen molar-refractivity contribution in [3.63, 3.8) is 0 Å². The average Bonchev–Trinajstić information content (AvgIpc) is 2.68. The Morgan fingerprint density at radius 1 is 1.15 bits per heavy atom. The molecule has 1 atom stereocenters. The largest absolute Gasteiger partial charge is 0.463 e. The summed E-state index contributed by atoms with van der Waals surface area (Å²) < 4.78 is 5.34. The molecular formula is C21H23N3O3. The summed E-state index contributed by atoms with van der Waals surface area (Å²) in [7, 11) is 0. The first-order valence-electron chi connectivity index (χ1n) is 8.97. The smallest absolute Gasteiger partial charge is 0.338 e. The van der Waals surface area contributed by atoms with Crippen LogP contribution in [0.3, 0.4) is 0 Å². The normalized spacial score (nSPS) is 16.9. The molecule has 27 heavy (non-hydrogen) atoms. The zero-order valence-corrected chi connectivity index (χ0v) is 15.4. The van der Waals surface area contributed by atoms with Gasteiger partial charge in [-0.3, -0.25) is 4.90 Å². The predicted octanol–water partition coefficient (Wildman–Crippen LogP) is 3.33. The highest BCUT2D eigenvalue weighted by Crippen LogP contribution is 2.36. The molecule has 0 fully saturated rings. The maximum Gasteiger partial charge on any atom is 0.338 e. The Kier molecular flexibility index (Phi) is 5.45. The van der Waals surface area contributed by atoms with E-state index in [4.69, 9.17) is 10.5 Å². The minimum Gasteiger partial charge on any atom is -0.463 e. The highest BCUT2D eigenvalue weighted by Gasteiger charge is 2.38. The van der Waals surface area contributed by atoms with E-state index in [1.54, 1.807) is 30.0 Å². The number of ether oxygens (including phenoxy) is 1. The molecule has 6 heteroatoms. The van der Waals surface area contributed by atoms with Crippen LogP contribution in [0.25, 0.3) is 5.70 Å². The van der Waals surface area contributed by atoms with Crippen LogP contribution in [0.1, 0.15) is 31.0 Å². The fourth-order valence-corrected chi connectivity index (χ4v) is 3.28. The number of rotatable bonds is 5. The molecule has 2 aromatic carbocycles. The van der Waals surface area contributed by atoms with Gasteiger partial charge in [0, 0.05) is 12.2 Å². The lowest BCUT2D eigenvalue weighted by Crippen LogP contribution is -2.47. The summed E-state index contributed by atoms with van der Waals surface area (Å²) in [6.45, 7) is 4.29. The van der Waals surface area contributed by atoms with E-state index < -0.39 is 12.0 Å². The van der Waals surface area contributed by atoms with Gasteiger partial charge in [-0.1, -0.05) is 42.5 Å². The Morgan fingerprint density at radius 3 is 2.52 bits per heavy atom. The highest BCUT2D eigenvalue weighted by atomic mass is 16.5. The predicted molar refractivity (Wildman–Crippen MR) is 105 cm³/mol. The summed E-state index contributed by atoms with van der Waals surface area (Å²) in [5.41, 5.74) is 8.96. The van der Waals surface area contributed by atoms with Crippen molar-refractivity contribution < 1.29 is 14.3 Å². The summed E-state index contributed by atoms with van der Waals surface area (Å²) in [5, 5.41) is 2.92. The highest BCUT2D eigenvalue weighted by molar-refractivity contribution is 6.04. The van der Waals surface area contributed by atoms with Crippen LogP contribution in [0.5, 0.6) is 0 Å². The van der Waals surface area contributed by atoms with Crippen LogP contribution < -0.4 is 11.1 Å². The maximum atomic E-state index is 12.9. The number of nitrogens with two attached hydrogens (primary N) is 1. The van der Waals surface area contributed by atoms with Crippen LogP contribution >= 0.6 is 0 Å². The van der Waals surface area contributed by atoms with Crippen molar-refractivity contribution in [3.05, 3.63) is 71.3 Å². The SMILES string of the molecule is CCOC(=O)C1=C(c2ccccc2)N(CC)C(=O)NC1c1cccc(N)c1. The van der Waals surface area contributed by atoms with Gasteiger partial charge in [-0.2, -0.15) is 0 Å². The summed E-state index contributed by atoms with van der Waals surface area (Å²) >= 11 is 0. The van der Waals surface area contributed by atoms with Gasteiger partial charge < -0.3 is 15.8 Å². The molecule has 2 amide bonds. The fourth-order valence-electron chi connectivity index (χ4n) is 3.28. The van der Waals surface area contributed by atoms with Crippen molar-refractivity contribution in [2.75, 3.05) is 18.9 Å². The number of nitrogen functional groups attached to an aromatic ring is 1. The van der Waals surface area contributed by atoms with Crippen LogP contribution in [-0.4, -0.2) is 30.1 Å². The molecule has 2 aromatic rings. The van der Waals surface area contributed by atoms with Crippen LogP contribution in [0.15, 0.2) is 60.2 Å². The van der Waals surface area contributed by atoms with Crippen LogP contribution in [0, 0.1) is 0 Å². The lowest BCUT2D eigenvalue weighted by atomic mass is 9.91. The topological polar surface area (TPSA) is 84.7 Å². The summed E-state index contributed by atoms with van der Waals surface area (Å²) in [4.78, 5) is 27.3. The molecule has 1 aliphatic heterocycles. The number of carbonyl (C=O) groups is 2. The molecule has 0 saturated carbocycles. The Labute approximate surface area is 158 Å². The Balaban J connectivity index is 2.26. The molecule has 1 unspecified atom stereocenters. The third-order valence-corrected chi connectivity index (χ3v) is 4.43. The quantitative estimate of drug-likeness (QED) is 0.629. The molecule has 3 N–H and O–H groups in total. The molecule has 0 bridgehead atoms. The van der Waals surface area contributed by atoms with Crippen molar-refractivity contribution in [2.45, 2.75) is 19.9 Å². The monoisotopic (exact) mass is 365 g/mol. The lowest BCUT2D eigenvalue weighted by molar-refractivity contribution is -0.138. The second kappa shape index (κ2) is 7.95. The van der Waals surface area contributed by atoms with E-state index in [9.17, 15) is 9.59 Å². The third kappa shape index (κ3) is 3.65. The summed E-state index contributed by atoms with van der Waals surface area (Å²) in [6, 6.07) is 15.7. The van der Waals surface area contributed by atoms with Gasteiger partial charge in [-0.25, -0.2) is 9.59 Å². The second-order valence-electron chi connectivity index (χ2n) is 6.15. The number of nitrogens with zero attached hydrogens (tertiary/aromatic N) is 1. The molecule has 1 aliphatic rings. The second-order valence-corrected chi connectivity index (χ2v) is 6.15. The Bertz CT molecular complexity index is 877. The number of amides is 2. The zero-order chi connectivity index (χ0) is 19.4. The first-order valence-corrected chi connectivity index (χ1v) is 8.97. The van der Waals surface area contributed by atoms with Gasteiger partial charge in [-0.05, 0) is 37.1 Å². The number of carbonyl (C=O) groups excluding carboxylic acids is 2. The number of nitrogens with one attached hydrogen (secondary N) is 1.